The van der Waals surface area contributed by atoms with Gasteiger partial charge in [0.2, 0.25) is 0 Å². The number of ketones is 1. The number of carbonyl (C=O) groups is 2. The molecule has 0 radical (unpaired) electrons. The molecule has 0 saturated carbocycles. The predicted octanol–water partition coefficient (Wildman–Crippen LogP) is 2.48. The third-order valence-electron chi connectivity index (χ3n) is 2.64. The largest absolute Gasteiger partial charge is 0.394 e. The predicted molar refractivity (Wildman–Crippen MR) is 76.7 cm³/mol. The number of carbonyl (C=O) groups excluding carboxylic acids is 2. The van der Waals surface area contributed by atoms with Gasteiger partial charge in [-0.15, -0.1) is 11.3 Å². The maximum absolute atomic E-state index is 12.0. The summed E-state index contributed by atoms with van der Waals surface area (Å²) in [6, 6.07) is 1.32. The summed E-state index contributed by atoms with van der Waals surface area (Å²) in [6.45, 7) is 7.55. The first kappa shape index (κ1) is 15.9. The molecular formula is C14H21NO3S. The standard InChI is InChI=1S/C14H21NO3S/c1-9(17)10-5-12(19-8-10)13(18)15-11(7-16)6-14(2,3)4/h5,8,11,16H,6-7H2,1-4H3,(H,15,18). The molecule has 0 fully saturated rings. The lowest BCUT2D eigenvalue weighted by Gasteiger charge is -2.25. The van der Waals surface area contributed by atoms with Crippen molar-refractivity contribution in [1.29, 1.82) is 0 Å². The number of hydrogen-bond acceptors (Lipinski definition) is 4. The van der Waals surface area contributed by atoms with E-state index in [4.69, 9.17) is 0 Å². The Hall–Kier alpha value is -1.20. The quantitative estimate of drug-likeness (QED) is 0.816. The second kappa shape index (κ2) is 6.30. The van der Waals surface area contributed by atoms with E-state index in [9.17, 15) is 14.7 Å². The van der Waals surface area contributed by atoms with Crippen LogP contribution in [0.1, 0.15) is 54.1 Å². The topological polar surface area (TPSA) is 66.4 Å². The van der Waals surface area contributed by atoms with Crippen molar-refractivity contribution in [2.24, 2.45) is 5.41 Å². The van der Waals surface area contributed by atoms with Crippen LogP contribution >= 0.6 is 11.3 Å². The summed E-state index contributed by atoms with van der Waals surface area (Å²) in [7, 11) is 0. The summed E-state index contributed by atoms with van der Waals surface area (Å²) >= 11 is 1.24. The first-order valence-electron chi connectivity index (χ1n) is 6.24. The lowest BCUT2D eigenvalue weighted by Crippen LogP contribution is -2.39. The van der Waals surface area contributed by atoms with E-state index in [1.165, 1.54) is 18.3 Å². The minimum Gasteiger partial charge on any atom is -0.394 e. The van der Waals surface area contributed by atoms with Crippen LogP contribution in [0.15, 0.2) is 11.4 Å². The van der Waals surface area contributed by atoms with Gasteiger partial charge in [-0.3, -0.25) is 9.59 Å². The summed E-state index contributed by atoms with van der Waals surface area (Å²) in [6.07, 6.45) is 0.695. The molecule has 2 N–H and O–H groups in total. The van der Waals surface area contributed by atoms with Gasteiger partial charge in [-0.1, -0.05) is 20.8 Å². The van der Waals surface area contributed by atoms with Crippen LogP contribution in [-0.4, -0.2) is 29.4 Å². The van der Waals surface area contributed by atoms with Gasteiger partial charge in [0, 0.05) is 10.9 Å². The van der Waals surface area contributed by atoms with Crippen molar-refractivity contribution < 1.29 is 14.7 Å². The lowest BCUT2D eigenvalue weighted by atomic mass is 9.88. The molecular weight excluding hydrogens is 262 g/mol. The second-order valence-electron chi connectivity index (χ2n) is 5.87. The first-order chi connectivity index (χ1) is 8.73. The van der Waals surface area contributed by atoms with Crippen LogP contribution < -0.4 is 5.32 Å². The van der Waals surface area contributed by atoms with E-state index in [1.54, 1.807) is 11.4 Å². The number of nitrogens with one attached hydrogen (secondary N) is 1. The van der Waals surface area contributed by atoms with Crippen LogP contribution in [0, 0.1) is 5.41 Å². The van der Waals surface area contributed by atoms with Crippen molar-refractivity contribution in [3.63, 3.8) is 0 Å². The Bertz CT molecular complexity index is 460. The fourth-order valence-corrected chi connectivity index (χ4v) is 2.65. The maximum Gasteiger partial charge on any atom is 0.261 e. The van der Waals surface area contributed by atoms with E-state index in [1.807, 2.05) is 0 Å². The van der Waals surface area contributed by atoms with E-state index >= 15 is 0 Å². The molecule has 106 valence electrons. The highest BCUT2D eigenvalue weighted by atomic mass is 32.1. The maximum atomic E-state index is 12.0. The molecule has 19 heavy (non-hydrogen) atoms. The molecule has 0 bridgehead atoms. The molecule has 4 nitrogen and oxygen atoms in total. The average molecular weight is 283 g/mol. The van der Waals surface area contributed by atoms with Gasteiger partial charge < -0.3 is 10.4 Å². The van der Waals surface area contributed by atoms with Crippen LogP contribution in [0.3, 0.4) is 0 Å². The number of rotatable bonds is 5. The van der Waals surface area contributed by atoms with Gasteiger partial charge in [-0.25, -0.2) is 0 Å². The van der Waals surface area contributed by atoms with Crippen LogP contribution in [-0.2, 0) is 0 Å². The van der Waals surface area contributed by atoms with E-state index in [2.05, 4.69) is 26.1 Å². The van der Waals surface area contributed by atoms with E-state index < -0.39 is 0 Å². The van der Waals surface area contributed by atoms with Crippen molar-refractivity contribution in [3.05, 3.63) is 21.9 Å². The highest BCUT2D eigenvalue weighted by Gasteiger charge is 2.21. The summed E-state index contributed by atoms with van der Waals surface area (Å²) < 4.78 is 0. The van der Waals surface area contributed by atoms with E-state index in [0.29, 0.717) is 16.9 Å². The van der Waals surface area contributed by atoms with Gasteiger partial charge >= 0.3 is 0 Å². The molecule has 0 spiro atoms. The Labute approximate surface area is 117 Å². The normalized spacial score (nSPS) is 13.1. The third kappa shape index (κ3) is 5.12. The van der Waals surface area contributed by atoms with Crippen molar-refractivity contribution in [3.8, 4) is 0 Å². The monoisotopic (exact) mass is 283 g/mol. The molecule has 0 saturated heterocycles. The van der Waals surface area contributed by atoms with Crippen molar-refractivity contribution >= 4 is 23.0 Å². The molecule has 1 aromatic rings. The van der Waals surface area contributed by atoms with Crippen molar-refractivity contribution in [2.75, 3.05) is 6.61 Å². The Morgan fingerprint density at radius 2 is 2.05 bits per heavy atom. The number of aliphatic hydroxyl groups is 1. The van der Waals surface area contributed by atoms with E-state index in [0.717, 1.165) is 0 Å². The molecule has 1 unspecified atom stereocenters. The second-order valence-corrected chi connectivity index (χ2v) is 6.78. The van der Waals surface area contributed by atoms with Crippen LogP contribution in [0.25, 0.3) is 0 Å². The van der Waals surface area contributed by atoms with Gasteiger partial charge in [0.25, 0.3) is 5.91 Å². The Morgan fingerprint density at radius 1 is 1.42 bits per heavy atom. The molecule has 1 heterocycles. The van der Waals surface area contributed by atoms with Gasteiger partial charge in [-0.05, 0) is 24.8 Å². The molecule has 1 rings (SSSR count). The minimum atomic E-state index is -0.268. The number of Topliss-reactive ketones (excluding diaryl/α,β-unsaturated/α-hetero) is 1. The number of aliphatic hydroxyl groups excluding tert-OH is 1. The molecule has 0 aliphatic heterocycles. The fraction of sp³-hybridized carbons (Fsp3) is 0.571. The molecule has 0 aliphatic rings. The molecule has 1 amide bonds. The first-order valence-corrected chi connectivity index (χ1v) is 7.12. The Kier molecular flexibility index (Phi) is 5.26. The smallest absolute Gasteiger partial charge is 0.261 e. The molecule has 1 atom stereocenters. The SMILES string of the molecule is CC(=O)c1csc(C(=O)NC(CO)CC(C)(C)C)c1. The highest BCUT2D eigenvalue weighted by Crippen LogP contribution is 2.21. The zero-order valence-corrected chi connectivity index (χ0v) is 12.6. The zero-order chi connectivity index (χ0) is 14.6. The summed E-state index contributed by atoms with van der Waals surface area (Å²) in [4.78, 5) is 23.7. The van der Waals surface area contributed by atoms with Crippen LogP contribution in [0.4, 0.5) is 0 Å². The summed E-state index contributed by atoms with van der Waals surface area (Å²) in [5.74, 6) is -0.288. The highest BCUT2D eigenvalue weighted by molar-refractivity contribution is 7.12. The number of thiophene rings is 1. The third-order valence-corrected chi connectivity index (χ3v) is 3.57. The number of hydrogen-bond donors (Lipinski definition) is 2. The summed E-state index contributed by atoms with van der Waals surface area (Å²) in [5.41, 5.74) is 0.576. The van der Waals surface area contributed by atoms with E-state index in [-0.39, 0.29) is 29.8 Å². The minimum absolute atomic E-state index is 0.0284. The van der Waals surface area contributed by atoms with Gasteiger partial charge in [0.15, 0.2) is 5.78 Å². The van der Waals surface area contributed by atoms with Crippen LogP contribution in [0.5, 0.6) is 0 Å². The Balaban J connectivity index is 2.69. The van der Waals surface area contributed by atoms with Crippen LogP contribution in [0.2, 0.25) is 0 Å². The zero-order valence-electron chi connectivity index (χ0n) is 11.8. The molecule has 0 aromatic carbocycles. The van der Waals surface area contributed by atoms with Gasteiger partial charge in [-0.2, -0.15) is 0 Å². The lowest BCUT2D eigenvalue weighted by molar-refractivity contribution is 0.0902. The fourth-order valence-electron chi connectivity index (χ4n) is 1.80. The van der Waals surface area contributed by atoms with Gasteiger partial charge in [0.1, 0.15) is 0 Å². The van der Waals surface area contributed by atoms with Crippen molar-refractivity contribution in [2.45, 2.75) is 40.2 Å². The van der Waals surface area contributed by atoms with Crippen molar-refractivity contribution in [1.82, 2.24) is 5.32 Å². The summed E-state index contributed by atoms with van der Waals surface area (Å²) in [5, 5.41) is 13.8. The molecule has 0 aliphatic carbocycles. The van der Waals surface area contributed by atoms with Gasteiger partial charge in [0.05, 0.1) is 17.5 Å². The average Bonchev–Trinajstić information content (AvgIpc) is 2.75. The Morgan fingerprint density at radius 3 is 2.47 bits per heavy atom. The molecule has 5 heteroatoms. The number of amides is 1. The molecule has 1 aromatic heterocycles.